The van der Waals surface area contributed by atoms with Gasteiger partial charge in [0.15, 0.2) is 0 Å². The van der Waals surface area contributed by atoms with Gasteiger partial charge in [-0.2, -0.15) is 0 Å². The van der Waals surface area contributed by atoms with Gasteiger partial charge in [-0.3, -0.25) is 0 Å². The highest BCUT2D eigenvalue weighted by Crippen LogP contribution is 2.31. The molecule has 27 heavy (non-hydrogen) atoms. The molecular weight excluding hydrogens is 334 g/mol. The second kappa shape index (κ2) is 9.83. The molecule has 0 unspecified atom stereocenters. The van der Waals surface area contributed by atoms with Crippen LogP contribution in [-0.2, 0) is 4.74 Å². The van der Waals surface area contributed by atoms with Crippen molar-refractivity contribution in [2.75, 3.05) is 6.54 Å². The number of carbonyl (C=O) groups is 1. The first kappa shape index (κ1) is 23.1. The van der Waals surface area contributed by atoms with Crippen LogP contribution in [0.1, 0.15) is 109 Å². The van der Waals surface area contributed by atoms with Crippen molar-refractivity contribution in [2.24, 2.45) is 0 Å². The average molecular weight is 372 g/mol. The first-order valence-corrected chi connectivity index (χ1v) is 10.1. The predicted octanol–water partition coefficient (Wildman–Crippen LogP) is 6.32. The molecule has 0 atom stereocenters. The Morgan fingerprint density at radius 2 is 1.52 bits per heavy atom. The summed E-state index contributed by atoms with van der Waals surface area (Å²) in [5, 5.41) is 2.76. The van der Waals surface area contributed by atoms with Crippen LogP contribution in [0, 0.1) is 11.8 Å². The normalized spacial score (nSPS) is 11.6. The fraction of sp³-hybridized carbons (Fsp3) is 0.625. The lowest BCUT2D eigenvalue weighted by atomic mass is 9.84. The minimum absolute atomic E-state index is 0.392. The van der Waals surface area contributed by atoms with Crippen molar-refractivity contribution >= 4 is 6.09 Å². The van der Waals surface area contributed by atoms with Gasteiger partial charge in [0.25, 0.3) is 0 Å². The van der Waals surface area contributed by atoms with Crippen molar-refractivity contribution < 1.29 is 9.53 Å². The van der Waals surface area contributed by atoms with Crippen LogP contribution < -0.4 is 5.32 Å². The molecule has 0 bridgehead atoms. The molecule has 1 N–H and O–H groups in total. The maximum atomic E-state index is 11.7. The van der Waals surface area contributed by atoms with E-state index in [1.54, 1.807) is 0 Å². The van der Waals surface area contributed by atoms with Gasteiger partial charge in [-0.1, -0.05) is 65.5 Å². The summed E-state index contributed by atoms with van der Waals surface area (Å²) in [4.78, 5) is 11.7. The summed E-state index contributed by atoms with van der Waals surface area (Å²) in [6, 6.07) is 4.62. The largest absolute Gasteiger partial charge is 0.444 e. The summed E-state index contributed by atoms with van der Waals surface area (Å²) in [5.41, 5.74) is 4.68. The van der Waals surface area contributed by atoms with Crippen LogP contribution in [0.4, 0.5) is 4.79 Å². The average Bonchev–Trinajstić information content (AvgIpc) is 2.51. The van der Waals surface area contributed by atoms with E-state index in [-0.39, 0.29) is 0 Å². The third-order valence-electron chi connectivity index (χ3n) is 4.26. The molecule has 3 nitrogen and oxygen atoms in total. The maximum absolute atomic E-state index is 11.7. The molecule has 150 valence electrons. The molecule has 0 saturated heterocycles. The Bertz CT molecular complexity index is 668. The number of hydrogen-bond donors (Lipinski definition) is 1. The van der Waals surface area contributed by atoms with Crippen molar-refractivity contribution in [2.45, 2.75) is 92.1 Å². The molecule has 0 spiro atoms. The standard InChI is InChI=1S/C24H37NO2/c1-16(2)19-14-21(17(3)4)20(22(15-19)18(5)6)12-10-11-13-25-23(26)27-24(7,8)9/h14-18H,11,13H2,1-9H3,(H,25,26). The van der Waals surface area contributed by atoms with E-state index < -0.39 is 11.7 Å². The summed E-state index contributed by atoms with van der Waals surface area (Å²) < 4.78 is 5.24. The Morgan fingerprint density at radius 3 is 1.93 bits per heavy atom. The number of carbonyl (C=O) groups excluding carboxylic acids is 1. The topological polar surface area (TPSA) is 38.3 Å². The smallest absolute Gasteiger partial charge is 0.407 e. The first-order valence-electron chi connectivity index (χ1n) is 10.1. The van der Waals surface area contributed by atoms with Crippen LogP contribution in [0.3, 0.4) is 0 Å². The Balaban J connectivity index is 2.97. The van der Waals surface area contributed by atoms with Gasteiger partial charge in [-0.05, 0) is 55.2 Å². The fourth-order valence-corrected chi connectivity index (χ4v) is 2.79. The molecule has 0 saturated carbocycles. The van der Waals surface area contributed by atoms with Gasteiger partial charge in [-0.15, -0.1) is 0 Å². The number of alkyl carbamates (subject to hydrolysis) is 1. The number of rotatable bonds is 5. The SMILES string of the molecule is CC(C)c1cc(C(C)C)c(C#CCCNC(=O)OC(C)(C)C)c(C(C)C)c1. The summed E-state index contributed by atoms with van der Waals surface area (Å²) in [7, 11) is 0. The van der Waals surface area contributed by atoms with Crippen molar-refractivity contribution in [3.05, 3.63) is 34.4 Å². The molecule has 0 fully saturated rings. The highest BCUT2D eigenvalue weighted by atomic mass is 16.6. The minimum atomic E-state index is -0.480. The highest BCUT2D eigenvalue weighted by Gasteiger charge is 2.16. The first-order chi connectivity index (χ1) is 12.4. The third kappa shape index (κ3) is 7.67. The van der Waals surface area contributed by atoms with E-state index in [0.717, 1.165) is 5.56 Å². The van der Waals surface area contributed by atoms with Gasteiger partial charge in [0.05, 0.1) is 0 Å². The quantitative estimate of drug-likeness (QED) is 0.485. The predicted molar refractivity (Wildman–Crippen MR) is 114 cm³/mol. The highest BCUT2D eigenvalue weighted by molar-refractivity contribution is 5.67. The Hall–Kier alpha value is -1.95. The second-order valence-corrected chi connectivity index (χ2v) is 9.02. The number of ether oxygens (including phenoxy) is 1. The number of amides is 1. The van der Waals surface area contributed by atoms with E-state index in [9.17, 15) is 4.79 Å². The van der Waals surface area contributed by atoms with Gasteiger partial charge >= 0.3 is 6.09 Å². The zero-order valence-corrected chi connectivity index (χ0v) is 18.6. The van der Waals surface area contributed by atoms with Gasteiger partial charge in [0.2, 0.25) is 0 Å². The number of hydrogen-bond acceptors (Lipinski definition) is 2. The van der Waals surface area contributed by atoms with Gasteiger partial charge in [0, 0.05) is 18.5 Å². The lowest BCUT2D eigenvalue weighted by molar-refractivity contribution is 0.0529. The minimum Gasteiger partial charge on any atom is -0.444 e. The molecule has 1 aromatic rings. The lowest BCUT2D eigenvalue weighted by Gasteiger charge is -2.20. The van der Waals surface area contributed by atoms with Crippen molar-refractivity contribution in [1.29, 1.82) is 0 Å². The molecule has 1 amide bonds. The van der Waals surface area contributed by atoms with Gasteiger partial charge in [-0.25, -0.2) is 4.79 Å². The summed E-state index contributed by atoms with van der Waals surface area (Å²) >= 11 is 0. The molecule has 0 aliphatic rings. The van der Waals surface area contributed by atoms with Crippen LogP contribution in [0.15, 0.2) is 12.1 Å². The molecule has 0 aromatic heterocycles. The zero-order valence-electron chi connectivity index (χ0n) is 18.6. The number of benzene rings is 1. The van der Waals surface area contributed by atoms with Crippen LogP contribution in [-0.4, -0.2) is 18.2 Å². The summed E-state index contributed by atoms with van der Waals surface area (Å²) in [6.07, 6.45) is 0.205. The molecule has 0 aliphatic heterocycles. The van der Waals surface area contributed by atoms with E-state index in [4.69, 9.17) is 4.74 Å². The molecule has 0 radical (unpaired) electrons. The Morgan fingerprint density at radius 1 is 1.00 bits per heavy atom. The Kier molecular flexibility index (Phi) is 8.41. The molecule has 3 heteroatoms. The van der Waals surface area contributed by atoms with E-state index in [1.807, 2.05) is 20.8 Å². The van der Waals surface area contributed by atoms with E-state index in [0.29, 0.717) is 30.7 Å². The van der Waals surface area contributed by atoms with Crippen LogP contribution in [0.5, 0.6) is 0 Å². The monoisotopic (exact) mass is 371 g/mol. The van der Waals surface area contributed by atoms with Gasteiger partial charge < -0.3 is 10.1 Å². The molecule has 0 heterocycles. The maximum Gasteiger partial charge on any atom is 0.407 e. The van der Waals surface area contributed by atoms with Crippen LogP contribution in [0.2, 0.25) is 0 Å². The second-order valence-electron chi connectivity index (χ2n) is 9.02. The third-order valence-corrected chi connectivity index (χ3v) is 4.26. The molecule has 1 aromatic carbocycles. The summed E-state index contributed by atoms with van der Waals surface area (Å²) in [5.74, 6) is 7.97. The van der Waals surface area contributed by atoms with Crippen LogP contribution >= 0.6 is 0 Å². The van der Waals surface area contributed by atoms with Crippen molar-refractivity contribution in [1.82, 2.24) is 5.32 Å². The van der Waals surface area contributed by atoms with Crippen molar-refractivity contribution in [3.63, 3.8) is 0 Å². The molecular formula is C24H37NO2. The fourth-order valence-electron chi connectivity index (χ4n) is 2.79. The van der Waals surface area contributed by atoms with Crippen LogP contribution in [0.25, 0.3) is 0 Å². The van der Waals surface area contributed by atoms with Gasteiger partial charge in [0.1, 0.15) is 5.60 Å². The lowest BCUT2D eigenvalue weighted by Crippen LogP contribution is -2.32. The van der Waals surface area contributed by atoms with Crippen molar-refractivity contribution in [3.8, 4) is 11.8 Å². The number of nitrogens with one attached hydrogen (secondary N) is 1. The van der Waals surface area contributed by atoms with E-state index >= 15 is 0 Å². The molecule has 1 rings (SSSR count). The summed E-state index contributed by atoms with van der Waals surface area (Å²) in [6.45, 7) is 19.4. The zero-order chi connectivity index (χ0) is 20.8. The Labute approximate surface area is 166 Å². The molecule has 0 aliphatic carbocycles. The van der Waals surface area contributed by atoms with E-state index in [2.05, 4.69) is 70.8 Å². The van der Waals surface area contributed by atoms with E-state index in [1.165, 1.54) is 16.7 Å².